The van der Waals surface area contributed by atoms with Gasteiger partial charge in [0.15, 0.2) is 0 Å². The van der Waals surface area contributed by atoms with Gasteiger partial charge in [0.05, 0.1) is 0 Å². The van der Waals surface area contributed by atoms with Crippen LogP contribution in [0.5, 0.6) is 0 Å². The number of carboxylic acids is 1. The van der Waals surface area contributed by atoms with Crippen LogP contribution in [0.3, 0.4) is 0 Å². The van der Waals surface area contributed by atoms with Crippen molar-refractivity contribution in [3.05, 3.63) is 0 Å². The molecule has 1 unspecified atom stereocenters. The normalized spacial score (nSPS) is 27.6. The number of rotatable bonds is 2. The summed E-state index contributed by atoms with van der Waals surface area (Å²) in [5, 5.41) is 12.6. The van der Waals surface area contributed by atoms with Crippen molar-refractivity contribution in [1.29, 1.82) is 0 Å². The molecule has 2 saturated heterocycles. The summed E-state index contributed by atoms with van der Waals surface area (Å²) < 4.78 is 0. The van der Waals surface area contributed by atoms with Crippen LogP contribution in [0, 0.1) is 5.41 Å². The minimum absolute atomic E-state index is 0.0447. The van der Waals surface area contributed by atoms with Gasteiger partial charge in [0.25, 0.3) is 0 Å². The summed E-state index contributed by atoms with van der Waals surface area (Å²) in [6.07, 6.45) is 5.04. The highest BCUT2D eigenvalue weighted by molar-refractivity contribution is 5.87. The fourth-order valence-electron chi connectivity index (χ4n) is 3.15. The van der Waals surface area contributed by atoms with Gasteiger partial charge in [0.2, 0.25) is 5.91 Å². The number of hydrogen-bond acceptors (Lipinski definition) is 3. The highest BCUT2D eigenvalue weighted by Crippen LogP contribution is 2.32. The minimum Gasteiger partial charge on any atom is -0.480 e. The Morgan fingerprint density at radius 3 is 2.53 bits per heavy atom. The molecule has 0 radical (unpaired) electrons. The first kappa shape index (κ1) is 14.3. The maximum Gasteiger partial charge on any atom is 0.326 e. The summed E-state index contributed by atoms with van der Waals surface area (Å²) in [7, 11) is 0. The molecule has 5 heteroatoms. The maximum absolute atomic E-state index is 12.8. The second-order valence-corrected chi connectivity index (χ2v) is 6.01. The number of nitrogens with one attached hydrogen (secondary N) is 1. The van der Waals surface area contributed by atoms with Crippen LogP contribution in [0.1, 0.15) is 45.4 Å². The zero-order valence-electron chi connectivity index (χ0n) is 11.7. The molecule has 2 fully saturated rings. The van der Waals surface area contributed by atoms with Gasteiger partial charge in [-0.2, -0.15) is 0 Å². The van der Waals surface area contributed by atoms with E-state index in [-0.39, 0.29) is 11.3 Å². The molecule has 5 nitrogen and oxygen atoms in total. The van der Waals surface area contributed by atoms with Crippen molar-refractivity contribution in [1.82, 2.24) is 10.2 Å². The van der Waals surface area contributed by atoms with Crippen LogP contribution in [0.4, 0.5) is 0 Å². The third-order valence-electron chi connectivity index (χ3n) is 4.52. The summed E-state index contributed by atoms with van der Waals surface area (Å²) in [6, 6.07) is -0.623. The highest BCUT2D eigenvalue weighted by Gasteiger charge is 2.41. The Labute approximate surface area is 114 Å². The van der Waals surface area contributed by atoms with Gasteiger partial charge in [0.1, 0.15) is 6.04 Å². The fraction of sp³-hybridized carbons (Fsp3) is 0.857. The van der Waals surface area contributed by atoms with Gasteiger partial charge in [-0.3, -0.25) is 4.79 Å². The lowest BCUT2D eigenvalue weighted by Crippen LogP contribution is -2.53. The van der Waals surface area contributed by atoms with E-state index < -0.39 is 12.0 Å². The number of carbonyl (C=O) groups is 2. The van der Waals surface area contributed by atoms with Crippen LogP contribution in [0.25, 0.3) is 0 Å². The molecule has 0 aliphatic carbocycles. The molecule has 2 aliphatic heterocycles. The molecule has 0 aromatic rings. The van der Waals surface area contributed by atoms with Crippen molar-refractivity contribution in [2.45, 2.75) is 51.5 Å². The van der Waals surface area contributed by atoms with Crippen molar-refractivity contribution in [3.8, 4) is 0 Å². The summed E-state index contributed by atoms with van der Waals surface area (Å²) >= 11 is 0. The third kappa shape index (κ3) is 3.08. The molecule has 0 bridgehead atoms. The first-order valence-electron chi connectivity index (χ1n) is 7.29. The standard InChI is InChI=1S/C14H24N2O3/c1-14(6-8-15-9-7-14)13(19)16-10-4-2-3-5-11(16)12(17)18/h11,15H,2-10H2,1H3,(H,17,18). The zero-order chi connectivity index (χ0) is 13.9. The van der Waals surface area contributed by atoms with Crippen molar-refractivity contribution in [2.24, 2.45) is 5.41 Å². The zero-order valence-corrected chi connectivity index (χ0v) is 11.7. The van der Waals surface area contributed by atoms with Crippen LogP contribution in [-0.4, -0.2) is 47.6 Å². The van der Waals surface area contributed by atoms with Crippen molar-refractivity contribution >= 4 is 11.9 Å². The largest absolute Gasteiger partial charge is 0.480 e. The average molecular weight is 268 g/mol. The molecule has 0 spiro atoms. The van der Waals surface area contributed by atoms with E-state index in [1.165, 1.54) is 0 Å². The Bertz CT molecular complexity index is 351. The molecule has 0 aromatic heterocycles. The summed E-state index contributed by atoms with van der Waals surface area (Å²) in [5.41, 5.74) is -0.386. The highest BCUT2D eigenvalue weighted by atomic mass is 16.4. The third-order valence-corrected chi connectivity index (χ3v) is 4.52. The quantitative estimate of drug-likeness (QED) is 0.790. The van der Waals surface area contributed by atoms with Crippen LogP contribution >= 0.6 is 0 Å². The fourth-order valence-corrected chi connectivity index (χ4v) is 3.15. The van der Waals surface area contributed by atoms with Crippen molar-refractivity contribution in [2.75, 3.05) is 19.6 Å². The van der Waals surface area contributed by atoms with Gasteiger partial charge in [-0.05, 0) is 38.8 Å². The Hall–Kier alpha value is -1.10. The number of aliphatic carboxylic acids is 1. The molecular weight excluding hydrogens is 244 g/mol. The Balaban J connectivity index is 2.15. The summed E-state index contributed by atoms with van der Waals surface area (Å²) in [4.78, 5) is 25.8. The molecule has 108 valence electrons. The topological polar surface area (TPSA) is 69.6 Å². The number of nitrogens with zero attached hydrogens (tertiary/aromatic N) is 1. The summed E-state index contributed by atoms with van der Waals surface area (Å²) in [5.74, 6) is -0.809. The first-order valence-corrected chi connectivity index (χ1v) is 7.29. The minimum atomic E-state index is -0.854. The lowest BCUT2D eigenvalue weighted by molar-refractivity contribution is -0.155. The summed E-state index contributed by atoms with van der Waals surface area (Å²) in [6.45, 7) is 4.26. The van der Waals surface area contributed by atoms with E-state index in [0.717, 1.165) is 45.2 Å². The van der Waals surface area contributed by atoms with Crippen LogP contribution in [-0.2, 0) is 9.59 Å². The monoisotopic (exact) mass is 268 g/mol. The second-order valence-electron chi connectivity index (χ2n) is 6.01. The number of likely N-dealkylation sites (tertiary alicyclic amines) is 1. The smallest absolute Gasteiger partial charge is 0.326 e. The van der Waals surface area contributed by atoms with Crippen LogP contribution in [0.15, 0.2) is 0 Å². The van der Waals surface area contributed by atoms with Gasteiger partial charge in [0, 0.05) is 12.0 Å². The molecule has 19 heavy (non-hydrogen) atoms. The Morgan fingerprint density at radius 1 is 1.21 bits per heavy atom. The Morgan fingerprint density at radius 2 is 1.89 bits per heavy atom. The van der Waals surface area contributed by atoms with E-state index in [2.05, 4.69) is 5.32 Å². The molecule has 1 atom stereocenters. The molecule has 2 rings (SSSR count). The number of amides is 1. The Kier molecular flexibility index (Phi) is 4.45. The van der Waals surface area contributed by atoms with E-state index in [1.807, 2.05) is 6.92 Å². The number of carboxylic acid groups (broad SMARTS) is 1. The van der Waals surface area contributed by atoms with E-state index in [1.54, 1.807) is 4.90 Å². The SMILES string of the molecule is CC1(C(=O)N2CCCCCC2C(=O)O)CCNCC1. The molecule has 2 aliphatic rings. The van der Waals surface area contributed by atoms with Gasteiger partial charge in [-0.1, -0.05) is 19.8 Å². The predicted octanol–water partition coefficient (Wildman–Crippen LogP) is 1.23. The molecule has 2 N–H and O–H groups in total. The van der Waals surface area contributed by atoms with Gasteiger partial charge in [-0.15, -0.1) is 0 Å². The van der Waals surface area contributed by atoms with Crippen LogP contribution < -0.4 is 5.32 Å². The average Bonchev–Trinajstić information content (AvgIpc) is 2.64. The van der Waals surface area contributed by atoms with Gasteiger partial charge in [-0.25, -0.2) is 4.79 Å². The molecule has 0 saturated carbocycles. The van der Waals surface area contributed by atoms with E-state index in [9.17, 15) is 14.7 Å². The number of piperidine rings is 1. The molecule has 1 amide bonds. The van der Waals surface area contributed by atoms with Crippen LogP contribution in [0.2, 0.25) is 0 Å². The first-order chi connectivity index (χ1) is 9.04. The van der Waals surface area contributed by atoms with E-state index in [4.69, 9.17) is 0 Å². The van der Waals surface area contributed by atoms with Gasteiger partial charge < -0.3 is 15.3 Å². The molecular formula is C14H24N2O3. The van der Waals surface area contributed by atoms with E-state index in [0.29, 0.717) is 13.0 Å². The number of carbonyl (C=O) groups excluding carboxylic acids is 1. The predicted molar refractivity (Wildman–Crippen MR) is 71.8 cm³/mol. The van der Waals surface area contributed by atoms with Gasteiger partial charge >= 0.3 is 5.97 Å². The lowest BCUT2D eigenvalue weighted by atomic mass is 9.79. The lowest BCUT2D eigenvalue weighted by Gasteiger charge is -2.39. The maximum atomic E-state index is 12.8. The van der Waals surface area contributed by atoms with E-state index >= 15 is 0 Å². The molecule has 2 heterocycles. The van der Waals surface area contributed by atoms with Crippen molar-refractivity contribution < 1.29 is 14.7 Å². The number of hydrogen-bond donors (Lipinski definition) is 2. The van der Waals surface area contributed by atoms with Crippen molar-refractivity contribution in [3.63, 3.8) is 0 Å². The molecule has 0 aromatic carbocycles. The second kappa shape index (κ2) is 5.90.